The van der Waals surface area contributed by atoms with Gasteiger partial charge in [0.2, 0.25) is 0 Å². The Kier molecular flexibility index (Phi) is 3.62. The van der Waals surface area contributed by atoms with E-state index >= 15 is 0 Å². The molecule has 0 N–H and O–H groups in total. The van der Waals surface area contributed by atoms with Crippen molar-refractivity contribution in [1.29, 1.82) is 0 Å². The minimum absolute atomic E-state index is 0.0112. The summed E-state index contributed by atoms with van der Waals surface area (Å²) in [4.78, 5) is 12.4. The molecule has 1 aliphatic rings. The highest BCUT2D eigenvalue weighted by Crippen LogP contribution is 2.68. The Labute approximate surface area is 138 Å². The van der Waals surface area contributed by atoms with Crippen molar-refractivity contribution in [1.82, 2.24) is 4.57 Å². The quantitative estimate of drug-likeness (QED) is 0.778. The van der Waals surface area contributed by atoms with Crippen LogP contribution in [-0.2, 0) is 16.1 Å². The summed E-state index contributed by atoms with van der Waals surface area (Å²) in [6.45, 7) is 11.0. The zero-order valence-corrected chi connectivity index (χ0v) is 14.6. The van der Waals surface area contributed by atoms with Crippen molar-refractivity contribution < 1.29 is 9.53 Å². The lowest BCUT2D eigenvalue weighted by molar-refractivity contribution is -0.148. The maximum atomic E-state index is 12.4. The van der Waals surface area contributed by atoms with Crippen molar-refractivity contribution >= 4 is 5.97 Å². The largest absolute Gasteiger partial charge is 0.461 e. The summed E-state index contributed by atoms with van der Waals surface area (Å²) >= 11 is 0. The third-order valence-electron chi connectivity index (χ3n) is 5.93. The van der Waals surface area contributed by atoms with Crippen molar-refractivity contribution in [2.75, 3.05) is 0 Å². The van der Waals surface area contributed by atoms with Gasteiger partial charge in [0.25, 0.3) is 0 Å². The van der Waals surface area contributed by atoms with Gasteiger partial charge in [0.05, 0.1) is 5.92 Å². The molecule has 0 saturated heterocycles. The van der Waals surface area contributed by atoms with Crippen LogP contribution in [0.5, 0.6) is 0 Å². The first-order valence-corrected chi connectivity index (χ1v) is 8.15. The van der Waals surface area contributed by atoms with Crippen molar-refractivity contribution in [3.8, 4) is 5.69 Å². The van der Waals surface area contributed by atoms with E-state index in [1.807, 2.05) is 36.7 Å². The van der Waals surface area contributed by atoms with Gasteiger partial charge in [-0.2, -0.15) is 0 Å². The van der Waals surface area contributed by atoms with Crippen LogP contribution >= 0.6 is 0 Å². The minimum atomic E-state index is -0.0780. The maximum Gasteiger partial charge on any atom is 0.310 e. The Morgan fingerprint density at radius 2 is 1.70 bits per heavy atom. The van der Waals surface area contributed by atoms with E-state index < -0.39 is 0 Å². The molecule has 1 aliphatic carbocycles. The predicted octanol–water partition coefficient (Wildman–Crippen LogP) is 4.51. The lowest BCUT2D eigenvalue weighted by atomic mass is 10.0. The molecule has 3 rings (SSSR count). The first-order chi connectivity index (χ1) is 10.8. The van der Waals surface area contributed by atoms with Crippen LogP contribution in [0.2, 0.25) is 0 Å². The molecule has 1 fully saturated rings. The zero-order chi connectivity index (χ0) is 16.8. The highest BCUT2D eigenvalue weighted by molar-refractivity contribution is 5.78. The number of benzene rings is 1. The van der Waals surface area contributed by atoms with Crippen molar-refractivity contribution in [2.45, 2.75) is 41.2 Å². The Morgan fingerprint density at radius 1 is 1.09 bits per heavy atom. The van der Waals surface area contributed by atoms with Crippen LogP contribution in [0.3, 0.4) is 0 Å². The molecular weight excluding hydrogens is 286 g/mol. The number of hydrogen-bond donors (Lipinski definition) is 0. The van der Waals surface area contributed by atoms with Gasteiger partial charge in [0, 0.05) is 18.1 Å². The molecule has 2 aromatic rings. The molecule has 1 heterocycles. The number of hydrogen-bond acceptors (Lipinski definition) is 2. The minimum Gasteiger partial charge on any atom is -0.461 e. The van der Waals surface area contributed by atoms with E-state index in [0.29, 0.717) is 6.61 Å². The molecular formula is C20H25NO2. The Hall–Kier alpha value is -2.03. The summed E-state index contributed by atoms with van der Waals surface area (Å²) in [5.74, 6) is -0.0892. The molecule has 1 aromatic carbocycles. The van der Waals surface area contributed by atoms with Crippen LogP contribution in [-0.4, -0.2) is 10.5 Å². The van der Waals surface area contributed by atoms with E-state index in [4.69, 9.17) is 4.74 Å². The number of carbonyl (C=O) groups is 1. The van der Waals surface area contributed by atoms with E-state index in [-0.39, 0.29) is 22.7 Å². The van der Waals surface area contributed by atoms with Crippen LogP contribution in [0, 0.1) is 23.7 Å². The summed E-state index contributed by atoms with van der Waals surface area (Å²) in [7, 11) is 0. The zero-order valence-electron chi connectivity index (χ0n) is 14.6. The average Bonchev–Trinajstić information content (AvgIpc) is 2.88. The fourth-order valence-electron chi connectivity index (χ4n) is 3.62. The fourth-order valence-corrected chi connectivity index (χ4v) is 3.62. The third-order valence-corrected chi connectivity index (χ3v) is 5.93. The summed E-state index contributed by atoms with van der Waals surface area (Å²) in [6, 6.07) is 10.1. The Balaban J connectivity index is 1.73. The predicted molar refractivity (Wildman–Crippen MR) is 91.4 cm³/mol. The van der Waals surface area contributed by atoms with E-state index in [9.17, 15) is 4.79 Å². The first kappa shape index (κ1) is 15.9. The number of rotatable bonds is 4. The number of carbonyl (C=O) groups excluding carboxylic acids is 1. The molecule has 0 radical (unpaired) electrons. The van der Waals surface area contributed by atoms with Crippen molar-refractivity contribution in [2.24, 2.45) is 16.7 Å². The van der Waals surface area contributed by atoms with Gasteiger partial charge in [-0.3, -0.25) is 4.79 Å². The monoisotopic (exact) mass is 311 g/mol. The second-order valence-corrected chi connectivity index (χ2v) is 7.64. The molecule has 0 amide bonds. The molecule has 1 saturated carbocycles. The van der Waals surface area contributed by atoms with Gasteiger partial charge in [-0.15, -0.1) is 0 Å². The first-order valence-electron chi connectivity index (χ1n) is 8.15. The number of aromatic nitrogens is 1. The smallest absolute Gasteiger partial charge is 0.310 e. The van der Waals surface area contributed by atoms with E-state index in [1.165, 1.54) is 0 Å². The fraction of sp³-hybridized carbons (Fsp3) is 0.450. The van der Waals surface area contributed by atoms with Crippen molar-refractivity contribution in [3.05, 3.63) is 53.9 Å². The van der Waals surface area contributed by atoms with Gasteiger partial charge in [0.15, 0.2) is 0 Å². The molecule has 1 aromatic heterocycles. The second-order valence-electron chi connectivity index (χ2n) is 7.64. The Morgan fingerprint density at radius 3 is 2.26 bits per heavy atom. The molecule has 3 nitrogen and oxygen atoms in total. The van der Waals surface area contributed by atoms with Crippen LogP contribution in [0.25, 0.3) is 5.69 Å². The summed E-state index contributed by atoms with van der Waals surface area (Å²) in [5, 5.41) is 0. The molecule has 3 heteroatoms. The van der Waals surface area contributed by atoms with E-state index in [2.05, 4.69) is 45.3 Å². The molecule has 0 aliphatic heterocycles. The highest BCUT2D eigenvalue weighted by atomic mass is 16.5. The van der Waals surface area contributed by atoms with Gasteiger partial charge in [-0.25, -0.2) is 0 Å². The number of ether oxygens (including phenoxy) is 1. The molecule has 0 unspecified atom stereocenters. The molecule has 0 atom stereocenters. The van der Waals surface area contributed by atoms with Gasteiger partial charge in [0.1, 0.15) is 6.61 Å². The van der Waals surface area contributed by atoms with Gasteiger partial charge in [-0.1, -0.05) is 39.8 Å². The van der Waals surface area contributed by atoms with E-state index in [1.54, 1.807) is 0 Å². The summed E-state index contributed by atoms with van der Waals surface area (Å²) in [6.07, 6.45) is 4.04. The maximum absolute atomic E-state index is 12.4. The third kappa shape index (κ3) is 2.48. The Bertz CT molecular complexity index is 712. The highest BCUT2D eigenvalue weighted by Gasteiger charge is 2.69. The summed E-state index contributed by atoms with van der Waals surface area (Å²) < 4.78 is 7.71. The molecule has 23 heavy (non-hydrogen) atoms. The second kappa shape index (κ2) is 5.26. The van der Waals surface area contributed by atoms with Gasteiger partial charge in [-0.05, 0) is 47.1 Å². The molecule has 0 spiro atoms. The van der Waals surface area contributed by atoms with Crippen LogP contribution in [0.15, 0.2) is 42.7 Å². The SMILES string of the molecule is Cc1c(COC(=O)C2C(C)(C)C2(C)C)cccc1-n1cccc1. The normalized spacial score (nSPS) is 18.7. The van der Waals surface area contributed by atoms with Crippen molar-refractivity contribution in [3.63, 3.8) is 0 Å². The van der Waals surface area contributed by atoms with E-state index in [0.717, 1.165) is 16.8 Å². The molecule has 0 bridgehead atoms. The van der Waals surface area contributed by atoms with Gasteiger partial charge >= 0.3 is 5.97 Å². The van der Waals surface area contributed by atoms with Gasteiger partial charge < -0.3 is 9.30 Å². The van der Waals surface area contributed by atoms with Crippen LogP contribution < -0.4 is 0 Å². The van der Waals surface area contributed by atoms with Crippen LogP contribution in [0.1, 0.15) is 38.8 Å². The number of nitrogens with zero attached hydrogens (tertiary/aromatic N) is 1. The topological polar surface area (TPSA) is 31.2 Å². The number of esters is 1. The lowest BCUT2D eigenvalue weighted by Gasteiger charge is -2.13. The summed E-state index contributed by atoms with van der Waals surface area (Å²) in [5.41, 5.74) is 3.36. The standard InChI is InChI=1S/C20H25NO2/c1-14-15(9-8-10-16(14)21-11-6-7-12-21)13-23-18(22)17-19(2,3)20(17,4)5/h6-12,17H,13H2,1-5H3. The lowest BCUT2D eigenvalue weighted by Crippen LogP contribution is -2.12. The molecule has 122 valence electrons. The average molecular weight is 311 g/mol. The van der Waals surface area contributed by atoms with Crippen LogP contribution in [0.4, 0.5) is 0 Å².